The molecule has 0 radical (unpaired) electrons. The van der Waals surface area contributed by atoms with Crippen LogP contribution in [0.2, 0.25) is 0 Å². The van der Waals surface area contributed by atoms with E-state index in [0.717, 1.165) is 33.4 Å². The van der Waals surface area contributed by atoms with Crippen LogP contribution in [-0.2, 0) is 22.7 Å². The van der Waals surface area contributed by atoms with Gasteiger partial charge in [0.2, 0.25) is 11.8 Å². The molecule has 4 amide bonds. The molecule has 4 aromatic rings. The number of methoxy groups -OCH3 is 2. The highest BCUT2D eigenvalue weighted by Crippen LogP contribution is 2.34. The minimum Gasteiger partial charge on any atom is -0.496 e. The van der Waals surface area contributed by atoms with Crippen molar-refractivity contribution in [2.45, 2.75) is 40.8 Å². The molecule has 0 aliphatic carbocycles. The van der Waals surface area contributed by atoms with Gasteiger partial charge in [-0.3, -0.25) is 29.1 Å². The van der Waals surface area contributed by atoms with Gasteiger partial charge in [0.05, 0.1) is 14.2 Å². The predicted octanol–water partition coefficient (Wildman–Crippen LogP) is 3.73. The van der Waals surface area contributed by atoms with Gasteiger partial charge in [-0.15, -0.1) is 0 Å². The fourth-order valence-electron chi connectivity index (χ4n) is 5.42. The van der Waals surface area contributed by atoms with E-state index in [2.05, 4.69) is 41.9 Å². The fourth-order valence-corrected chi connectivity index (χ4v) is 5.42. The Hall–Kier alpha value is -5.86. The summed E-state index contributed by atoms with van der Waals surface area (Å²) in [6.45, 7) is 9.81. The van der Waals surface area contributed by atoms with Crippen LogP contribution in [0.1, 0.15) is 57.1 Å². The first-order valence-corrected chi connectivity index (χ1v) is 16.8. The first kappa shape index (κ1) is 38.9. The van der Waals surface area contributed by atoms with Gasteiger partial charge in [0.25, 0.3) is 11.8 Å². The number of ether oxygens (including phenoxy) is 2. The lowest BCUT2D eigenvalue weighted by molar-refractivity contribution is -0.119. The number of hydrogen-bond donors (Lipinski definition) is 6. The molecule has 274 valence electrons. The predicted molar refractivity (Wildman–Crippen MR) is 200 cm³/mol. The third kappa shape index (κ3) is 10.6. The van der Waals surface area contributed by atoms with E-state index in [-0.39, 0.29) is 23.2 Å². The number of nitrogens with one attached hydrogen (secondary N) is 6. The van der Waals surface area contributed by atoms with Crippen molar-refractivity contribution >= 4 is 35.0 Å². The van der Waals surface area contributed by atoms with Gasteiger partial charge in [-0.2, -0.15) is 0 Å². The summed E-state index contributed by atoms with van der Waals surface area (Å²) >= 11 is 0. The molecule has 4 rings (SSSR count). The summed E-state index contributed by atoms with van der Waals surface area (Å²) in [5.74, 6) is 0.0655. The lowest BCUT2D eigenvalue weighted by Crippen LogP contribution is -2.30. The number of benzene rings is 2. The molecule has 0 saturated heterocycles. The molecule has 0 spiro atoms. The van der Waals surface area contributed by atoms with Crippen molar-refractivity contribution in [3.63, 3.8) is 0 Å². The van der Waals surface area contributed by atoms with Crippen LogP contribution in [0.5, 0.6) is 11.5 Å². The molecule has 0 aliphatic rings. The Morgan fingerprint density at radius 1 is 0.615 bits per heavy atom. The summed E-state index contributed by atoms with van der Waals surface area (Å²) in [6.07, 6.45) is 3.20. The first-order valence-electron chi connectivity index (χ1n) is 16.8. The zero-order valence-electron chi connectivity index (χ0n) is 30.4. The Balaban J connectivity index is 1.45. The lowest BCUT2D eigenvalue weighted by Gasteiger charge is -2.17. The number of anilines is 2. The normalized spacial score (nSPS) is 10.7. The number of carbonyl (C=O) groups is 4. The summed E-state index contributed by atoms with van der Waals surface area (Å²) in [7, 11) is 3.07. The van der Waals surface area contributed by atoms with E-state index in [0.29, 0.717) is 62.1 Å². The van der Waals surface area contributed by atoms with Crippen molar-refractivity contribution in [3.05, 3.63) is 94.6 Å². The highest BCUT2D eigenvalue weighted by atomic mass is 16.5. The van der Waals surface area contributed by atoms with Gasteiger partial charge < -0.3 is 41.4 Å². The number of pyridine rings is 2. The number of hydrogen-bond acceptors (Lipinski definition) is 10. The average molecular weight is 711 g/mol. The molecule has 0 fully saturated rings. The van der Waals surface area contributed by atoms with Crippen molar-refractivity contribution in [1.29, 1.82) is 0 Å². The number of aromatic nitrogens is 2. The van der Waals surface area contributed by atoms with Gasteiger partial charge in [-0.25, -0.2) is 0 Å². The molecule has 2 aromatic heterocycles. The SMILES string of the molecule is COc1cc(C(=O)Nc2cccc(-c3cccc(NC(=O)c4cc(OC)c(CNCCNC(C)=O)cn4)c3C)c2C)ncc1CNCCNC(C)=O. The van der Waals surface area contributed by atoms with Crippen LogP contribution in [0.4, 0.5) is 11.4 Å². The van der Waals surface area contributed by atoms with Crippen LogP contribution < -0.4 is 41.4 Å². The average Bonchev–Trinajstić information content (AvgIpc) is 3.13. The third-order valence-corrected chi connectivity index (χ3v) is 8.23. The Morgan fingerprint density at radius 3 is 1.38 bits per heavy atom. The Bertz CT molecular complexity index is 1780. The minimum absolute atomic E-state index is 0.0924. The van der Waals surface area contributed by atoms with Crippen LogP contribution in [-0.4, -0.2) is 74.0 Å². The van der Waals surface area contributed by atoms with E-state index in [1.165, 1.54) is 28.1 Å². The second-order valence-electron chi connectivity index (χ2n) is 11.9. The van der Waals surface area contributed by atoms with Crippen LogP contribution in [0.3, 0.4) is 0 Å². The quantitative estimate of drug-likeness (QED) is 0.0883. The van der Waals surface area contributed by atoms with E-state index in [9.17, 15) is 19.2 Å². The van der Waals surface area contributed by atoms with E-state index < -0.39 is 11.8 Å². The number of carbonyl (C=O) groups excluding carboxylic acids is 4. The van der Waals surface area contributed by atoms with Crippen molar-refractivity contribution in [1.82, 2.24) is 31.2 Å². The molecule has 6 N–H and O–H groups in total. The largest absolute Gasteiger partial charge is 0.496 e. The highest BCUT2D eigenvalue weighted by Gasteiger charge is 2.18. The van der Waals surface area contributed by atoms with Crippen molar-refractivity contribution in [2.75, 3.05) is 51.0 Å². The molecule has 2 heterocycles. The van der Waals surface area contributed by atoms with E-state index in [1.807, 2.05) is 50.2 Å². The molecule has 2 aromatic carbocycles. The van der Waals surface area contributed by atoms with Crippen molar-refractivity contribution in [2.24, 2.45) is 0 Å². The highest BCUT2D eigenvalue weighted by molar-refractivity contribution is 6.05. The Morgan fingerprint density at radius 2 is 1.02 bits per heavy atom. The van der Waals surface area contributed by atoms with Crippen molar-refractivity contribution in [3.8, 4) is 22.6 Å². The van der Waals surface area contributed by atoms with Gasteiger partial charge >= 0.3 is 0 Å². The monoisotopic (exact) mass is 710 g/mol. The van der Waals surface area contributed by atoms with E-state index in [1.54, 1.807) is 24.5 Å². The standard InChI is InChI=1S/C38H46N8O6/c1-23-29(9-7-11-31(23)45-37(49)33-17-35(51-5)27(21-43-33)19-39-13-15-41-25(3)47)30-10-8-12-32(24(30)2)46-38(50)34-18-36(52-6)28(22-44-34)20-40-14-16-42-26(4)48/h7-12,17-18,21-22,39-40H,13-16,19-20H2,1-6H3,(H,41,47)(H,42,48)(H,45,49)(H,46,50). The maximum atomic E-state index is 13.3. The second-order valence-corrected chi connectivity index (χ2v) is 11.9. The van der Waals surface area contributed by atoms with Crippen LogP contribution in [0.15, 0.2) is 60.9 Å². The molecule has 0 saturated carbocycles. The fraction of sp³-hybridized carbons (Fsp3) is 0.316. The summed E-state index contributed by atoms with van der Waals surface area (Å²) < 4.78 is 11.0. The second kappa shape index (κ2) is 18.9. The number of amides is 4. The van der Waals surface area contributed by atoms with Crippen LogP contribution in [0, 0.1) is 13.8 Å². The number of nitrogens with zero attached hydrogens (tertiary/aromatic N) is 2. The maximum Gasteiger partial charge on any atom is 0.274 e. The molecule has 14 nitrogen and oxygen atoms in total. The molecule has 0 aliphatic heterocycles. The third-order valence-electron chi connectivity index (χ3n) is 8.23. The zero-order chi connectivity index (χ0) is 37.6. The van der Waals surface area contributed by atoms with Gasteiger partial charge in [0.1, 0.15) is 22.9 Å². The molecule has 0 bridgehead atoms. The summed E-state index contributed by atoms with van der Waals surface area (Å²) in [4.78, 5) is 57.5. The van der Waals surface area contributed by atoms with Gasteiger partial charge in [0.15, 0.2) is 0 Å². The summed E-state index contributed by atoms with van der Waals surface area (Å²) in [6, 6.07) is 14.5. The van der Waals surface area contributed by atoms with Gasteiger partial charge in [-0.05, 0) is 48.2 Å². The Kier molecular flexibility index (Phi) is 14.2. The molecular formula is C38H46N8O6. The zero-order valence-corrected chi connectivity index (χ0v) is 30.4. The topological polar surface area (TPSA) is 185 Å². The summed E-state index contributed by atoms with van der Waals surface area (Å²) in [5.41, 5.74) is 6.60. The molecule has 14 heteroatoms. The molecule has 0 unspecified atom stereocenters. The maximum absolute atomic E-state index is 13.3. The lowest BCUT2D eigenvalue weighted by atomic mass is 9.94. The van der Waals surface area contributed by atoms with Gasteiger partial charge in [0, 0.05) is 100 Å². The van der Waals surface area contributed by atoms with Crippen LogP contribution >= 0.6 is 0 Å². The van der Waals surface area contributed by atoms with Crippen molar-refractivity contribution < 1.29 is 28.7 Å². The van der Waals surface area contributed by atoms with Crippen LogP contribution in [0.25, 0.3) is 11.1 Å². The van der Waals surface area contributed by atoms with E-state index in [4.69, 9.17) is 9.47 Å². The smallest absolute Gasteiger partial charge is 0.274 e. The molecular weight excluding hydrogens is 664 g/mol. The van der Waals surface area contributed by atoms with E-state index >= 15 is 0 Å². The minimum atomic E-state index is -0.392. The number of rotatable bonds is 17. The summed E-state index contributed by atoms with van der Waals surface area (Å²) in [5, 5.41) is 17.8. The first-order chi connectivity index (χ1) is 25.0. The molecule has 52 heavy (non-hydrogen) atoms. The molecule has 0 atom stereocenters. The van der Waals surface area contributed by atoms with Gasteiger partial charge in [-0.1, -0.05) is 24.3 Å². The Labute approximate surface area is 303 Å².